The van der Waals surface area contributed by atoms with Crippen molar-refractivity contribution in [3.8, 4) is 11.4 Å². The van der Waals surface area contributed by atoms with Crippen LogP contribution < -0.4 is 5.32 Å². The molecule has 0 aliphatic heterocycles. The maximum atomic E-state index is 12.3. The fourth-order valence-electron chi connectivity index (χ4n) is 2.79. The highest BCUT2D eigenvalue weighted by atomic mass is 32.2. The van der Waals surface area contributed by atoms with Gasteiger partial charge in [0.15, 0.2) is 11.0 Å². The number of aromatic nitrogens is 4. The van der Waals surface area contributed by atoms with Gasteiger partial charge in [-0.3, -0.25) is 14.3 Å². The van der Waals surface area contributed by atoms with E-state index in [1.807, 2.05) is 59.2 Å². The molecule has 0 saturated heterocycles. The molecular formula is C21H19N5O2S. The first-order chi connectivity index (χ1) is 14.3. The lowest BCUT2D eigenvalue weighted by molar-refractivity contribution is -0.118. The quantitative estimate of drug-likeness (QED) is 0.452. The van der Waals surface area contributed by atoms with Crippen LogP contribution in [0.25, 0.3) is 11.4 Å². The lowest BCUT2D eigenvalue weighted by Gasteiger charge is -2.09. The van der Waals surface area contributed by atoms with Crippen molar-refractivity contribution in [3.05, 3.63) is 84.6 Å². The summed E-state index contributed by atoms with van der Waals surface area (Å²) in [5, 5.41) is 12.2. The second kappa shape index (κ2) is 9.20. The summed E-state index contributed by atoms with van der Waals surface area (Å²) in [6, 6.07) is 17.3. The molecule has 1 aromatic carbocycles. The highest BCUT2D eigenvalue weighted by Gasteiger charge is 2.17. The average molecular weight is 405 g/mol. The van der Waals surface area contributed by atoms with Crippen molar-refractivity contribution in [2.45, 2.75) is 18.2 Å². The molecule has 3 heterocycles. The lowest BCUT2D eigenvalue weighted by Crippen LogP contribution is -2.24. The molecule has 29 heavy (non-hydrogen) atoms. The van der Waals surface area contributed by atoms with Gasteiger partial charge >= 0.3 is 0 Å². The molecule has 0 spiro atoms. The van der Waals surface area contributed by atoms with Crippen LogP contribution in [-0.2, 0) is 17.9 Å². The largest absolute Gasteiger partial charge is 0.467 e. The van der Waals surface area contributed by atoms with Crippen molar-refractivity contribution in [1.29, 1.82) is 0 Å². The molecule has 0 saturated carbocycles. The number of carbonyl (C=O) groups excluding carboxylic acids is 1. The second-order valence-corrected chi connectivity index (χ2v) is 7.20. The number of hydrogen-bond donors (Lipinski definition) is 1. The molecule has 1 N–H and O–H groups in total. The monoisotopic (exact) mass is 405 g/mol. The van der Waals surface area contributed by atoms with Crippen LogP contribution in [0.3, 0.4) is 0 Å². The molecule has 0 atom stereocenters. The van der Waals surface area contributed by atoms with Gasteiger partial charge in [-0.15, -0.1) is 10.2 Å². The summed E-state index contributed by atoms with van der Waals surface area (Å²) in [5.41, 5.74) is 1.96. The van der Waals surface area contributed by atoms with E-state index in [1.54, 1.807) is 18.7 Å². The molecule has 1 amide bonds. The third-order valence-corrected chi connectivity index (χ3v) is 5.18. The molecule has 0 aliphatic carbocycles. The minimum absolute atomic E-state index is 0.0585. The van der Waals surface area contributed by atoms with Gasteiger partial charge < -0.3 is 9.73 Å². The number of hydrogen-bond acceptors (Lipinski definition) is 6. The van der Waals surface area contributed by atoms with E-state index >= 15 is 0 Å². The van der Waals surface area contributed by atoms with E-state index in [1.165, 1.54) is 11.8 Å². The molecule has 0 radical (unpaired) electrons. The second-order valence-electron chi connectivity index (χ2n) is 6.26. The Hall–Kier alpha value is -3.39. The normalized spacial score (nSPS) is 10.8. The lowest BCUT2D eigenvalue weighted by atomic mass is 10.2. The Kier molecular flexibility index (Phi) is 6.01. The molecular weight excluding hydrogens is 386 g/mol. The van der Waals surface area contributed by atoms with E-state index in [4.69, 9.17) is 4.42 Å². The fourth-order valence-corrected chi connectivity index (χ4v) is 3.56. The first-order valence-corrected chi connectivity index (χ1v) is 10.1. The first kappa shape index (κ1) is 18.9. The number of amides is 1. The van der Waals surface area contributed by atoms with Gasteiger partial charge in [0.05, 0.1) is 18.6 Å². The number of furan rings is 1. The van der Waals surface area contributed by atoms with Crippen LogP contribution in [0, 0.1) is 0 Å². The zero-order valence-corrected chi connectivity index (χ0v) is 16.4. The zero-order valence-electron chi connectivity index (χ0n) is 15.6. The minimum Gasteiger partial charge on any atom is -0.467 e. The Balaban J connectivity index is 1.46. The highest BCUT2D eigenvalue weighted by Crippen LogP contribution is 2.25. The van der Waals surface area contributed by atoms with Gasteiger partial charge in [-0.05, 0) is 29.8 Å². The number of nitrogens with zero attached hydrogens (tertiary/aromatic N) is 4. The van der Waals surface area contributed by atoms with Gasteiger partial charge in [-0.25, -0.2) is 0 Å². The third kappa shape index (κ3) is 4.91. The summed E-state index contributed by atoms with van der Waals surface area (Å²) in [4.78, 5) is 16.3. The van der Waals surface area contributed by atoms with Crippen LogP contribution in [0.15, 0.2) is 82.8 Å². The molecule has 4 aromatic rings. The van der Waals surface area contributed by atoms with Crippen molar-refractivity contribution in [2.24, 2.45) is 0 Å². The highest BCUT2D eigenvalue weighted by molar-refractivity contribution is 7.99. The van der Waals surface area contributed by atoms with E-state index in [-0.39, 0.29) is 11.7 Å². The summed E-state index contributed by atoms with van der Waals surface area (Å²) in [5.74, 6) is 1.68. The maximum Gasteiger partial charge on any atom is 0.230 e. The van der Waals surface area contributed by atoms with Crippen LogP contribution in [0.1, 0.15) is 11.3 Å². The van der Waals surface area contributed by atoms with Crippen LogP contribution in [0.4, 0.5) is 0 Å². The molecule has 0 aliphatic rings. The van der Waals surface area contributed by atoms with Gasteiger partial charge in [0, 0.05) is 24.5 Å². The SMILES string of the molecule is O=C(CSc1nnc(-c2ccncc2)n1Cc1ccco1)NCc1ccccc1. The van der Waals surface area contributed by atoms with Crippen molar-refractivity contribution < 1.29 is 9.21 Å². The Morgan fingerprint density at radius 3 is 2.62 bits per heavy atom. The molecule has 7 nitrogen and oxygen atoms in total. The van der Waals surface area contributed by atoms with Crippen LogP contribution in [0.5, 0.6) is 0 Å². The maximum absolute atomic E-state index is 12.3. The molecule has 8 heteroatoms. The van der Waals surface area contributed by atoms with Gasteiger partial charge in [-0.2, -0.15) is 0 Å². The minimum atomic E-state index is -0.0585. The van der Waals surface area contributed by atoms with E-state index in [2.05, 4.69) is 20.5 Å². The van der Waals surface area contributed by atoms with Gasteiger partial charge in [-0.1, -0.05) is 42.1 Å². The topological polar surface area (TPSA) is 85.8 Å². The number of rotatable bonds is 8. The van der Waals surface area contributed by atoms with E-state index < -0.39 is 0 Å². The van der Waals surface area contributed by atoms with Gasteiger partial charge in [0.2, 0.25) is 5.91 Å². The fraction of sp³-hybridized carbons (Fsp3) is 0.143. The first-order valence-electron chi connectivity index (χ1n) is 9.09. The number of pyridine rings is 1. The number of carbonyl (C=O) groups is 1. The van der Waals surface area contributed by atoms with E-state index in [9.17, 15) is 4.79 Å². The summed E-state index contributed by atoms with van der Waals surface area (Å²) in [7, 11) is 0. The Labute approximate surface area is 172 Å². The number of thioether (sulfide) groups is 1. The van der Waals surface area contributed by atoms with E-state index in [0.717, 1.165) is 16.9 Å². The Morgan fingerprint density at radius 1 is 1.03 bits per heavy atom. The molecule has 0 fully saturated rings. The van der Waals surface area contributed by atoms with Crippen LogP contribution >= 0.6 is 11.8 Å². The number of nitrogens with one attached hydrogen (secondary N) is 1. The predicted molar refractivity (Wildman–Crippen MR) is 110 cm³/mol. The number of benzene rings is 1. The smallest absolute Gasteiger partial charge is 0.230 e. The van der Waals surface area contributed by atoms with E-state index in [0.29, 0.717) is 24.1 Å². The summed E-state index contributed by atoms with van der Waals surface area (Å²) in [6.07, 6.45) is 5.06. The average Bonchev–Trinajstić information content (AvgIpc) is 3.42. The summed E-state index contributed by atoms with van der Waals surface area (Å²) in [6.45, 7) is 0.979. The molecule has 3 aromatic heterocycles. The predicted octanol–water partition coefficient (Wildman–Crippen LogP) is 3.39. The molecule has 4 rings (SSSR count). The van der Waals surface area contributed by atoms with Crippen molar-refractivity contribution in [1.82, 2.24) is 25.1 Å². The Bertz CT molecular complexity index is 1050. The van der Waals surface area contributed by atoms with Crippen molar-refractivity contribution in [3.63, 3.8) is 0 Å². The molecule has 146 valence electrons. The summed E-state index contributed by atoms with van der Waals surface area (Å²) >= 11 is 1.35. The van der Waals surface area contributed by atoms with Crippen LogP contribution in [0.2, 0.25) is 0 Å². The molecule has 0 bridgehead atoms. The molecule has 0 unspecified atom stereocenters. The zero-order chi connectivity index (χ0) is 19.9. The summed E-state index contributed by atoms with van der Waals surface area (Å²) < 4.78 is 7.44. The third-order valence-electron chi connectivity index (χ3n) is 4.21. The van der Waals surface area contributed by atoms with Crippen molar-refractivity contribution in [2.75, 3.05) is 5.75 Å². The van der Waals surface area contributed by atoms with Gasteiger partial charge in [0.1, 0.15) is 5.76 Å². The van der Waals surface area contributed by atoms with Gasteiger partial charge in [0.25, 0.3) is 0 Å². The standard InChI is InChI=1S/C21H19N5O2S/c27-19(23-13-16-5-2-1-3-6-16)15-29-21-25-24-20(17-8-10-22-11-9-17)26(21)14-18-7-4-12-28-18/h1-12H,13-15H2,(H,23,27). The Morgan fingerprint density at radius 2 is 1.86 bits per heavy atom. The van der Waals surface area contributed by atoms with Crippen LogP contribution in [-0.4, -0.2) is 31.4 Å². The van der Waals surface area contributed by atoms with Crippen molar-refractivity contribution >= 4 is 17.7 Å².